The van der Waals surface area contributed by atoms with Gasteiger partial charge in [0.15, 0.2) is 5.78 Å². The molecule has 0 saturated carbocycles. The largest absolute Gasteiger partial charge is 0.496 e. The molecule has 0 fully saturated rings. The monoisotopic (exact) mass is 200 g/mol. The van der Waals surface area contributed by atoms with E-state index < -0.39 is 6.43 Å². The van der Waals surface area contributed by atoms with Crippen molar-refractivity contribution in [3.8, 4) is 5.75 Å². The summed E-state index contributed by atoms with van der Waals surface area (Å²) in [6, 6.07) is 4.00. The molecule has 2 nitrogen and oxygen atoms in total. The van der Waals surface area contributed by atoms with E-state index in [9.17, 15) is 13.6 Å². The van der Waals surface area contributed by atoms with Crippen LogP contribution in [-0.4, -0.2) is 12.9 Å². The fraction of sp³-hybridized carbons (Fsp3) is 0.300. The summed E-state index contributed by atoms with van der Waals surface area (Å²) in [7, 11) is 1.31. The first-order valence-corrected chi connectivity index (χ1v) is 4.03. The van der Waals surface area contributed by atoms with Crippen molar-refractivity contribution in [3.63, 3.8) is 0 Å². The highest BCUT2D eigenvalue weighted by Gasteiger charge is 2.15. The summed E-state index contributed by atoms with van der Waals surface area (Å²) < 4.78 is 29.7. The molecule has 4 heteroatoms. The Hall–Kier alpha value is -1.45. The quantitative estimate of drug-likeness (QED) is 0.701. The lowest BCUT2D eigenvalue weighted by atomic mass is 10.1. The van der Waals surface area contributed by atoms with Gasteiger partial charge in [0, 0.05) is 5.56 Å². The molecule has 0 N–H and O–H groups in total. The average molecular weight is 200 g/mol. The van der Waals surface area contributed by atoms with Crippen LogP contribution in [0.25, 0.3) is 0 Å². The highest BCUT2D eigenvalue weighted by Crippen LogP contribution is 2.29. The Morgan fingerprint density at radius 3 is 2.50 bits per heavy atom. The number of ketones is 1. The van der Waals surface area contributed by atoms with E-state index in [1.165, 1.54) is 26.2 Å². The van der Waals surface area contributed by atoms with Gasteiger partial charge in [-0.05, 0) is 25.1 Å². The number of hydrogen-bond acceptors (Lipinski definition) is 2. The van der Waals surface area contributed by atoms with Crippen molar-refractivity contribution in [3.05, 3.63) is 29.3 Å². The van der Waals surface area contributed by atoms with Crippen LogP contribution in [0.1, 0.15) is 29.3 Å². The number of Topliss-reactive ketones (excluding diaryl/α,β-unsaturated/α-hetero) is 1. The third kappa shape index (κ3) is 2.07. The number of hydrogen-bond donors (Lipinski definition) is 0. The smallest absolute Gasteiger partial charge is 0.267 e. The van der Waals surface area contributed by atoms with Gasteiger partial charge in [0.1, 0.15) is 5.75 Å². The zero-order valence-corrected chi connectivity index (χ0v) is 7.88. The first-order valence-electron chi connectivity index (χ1n) is 4.03. The van der Waals surface area contributed by atoms with Crippen molar-refractivity contribution in [1.82, 2.24) is 0 Å². The summed E-state index contributed by atoms with van der Waals surface area (Å²) >= 11 is 0. The van der Waals surface area contributed by atoms with E-state index in [-0.39, 0.29) is 22.7 Å². The van der Waals surface area contributed by atoms with Crippen molar-refractivity contribution >= 4 is 5.78 Å². The van der Waals surface area contributed by atoms with Gasteiger partial charge in [0.05, 0.1) is 12.7 Å². The summed E-state index contributed by atoms with van der Waals surface area (Å²) in [5.74, 6) is -0.139. The molecule has 0 aromatic heterocycles. The highest BCUT2D eigenvalue weighted by molar-refractivity contribution is 5.94. The molecule has 1 aromatic rings. The van der Waals surface area contributed by atoms with Gasteiger partial charge in [0.2, 0.25) is 0 Å². The second-order valence-electron chi connectivity index (χ2n) is 2.81. The van der Waals surface area contributed by atoms with Crippen molar-refractivity contribution in [2.75, 3.05) is 7.11 Å². The van der Waals surface area contributed by atoms with E-state index in [4.69, 9.17) is 4.74 Å². The van der Waals surface area contributed by atoms with Crippen LogP contribution in [0, 0.1) is 0 Å². The molecule has 0 aliphatic heterocycles. The zero-order valence-electron chi connectivity index (χ0n) is 7.88. The Morgan fingerprint density at radius 2 is 2.07 bits per heavy atom. The number of carbonyl (C=O) groups is 1. The molecule has 0 spiro atoms. The molecule has 14 heavy (non-hydrogen) atoms. The highest BCUT2D eigenvalue weighted by atomic mass is 19.3. The summed E-state index contributed by atoms with van der Waals surface area (Å²) in [5.41, 5.74) is 0.0151. The fourth-order valence-corrected chi connectivity index (χ4v) is 1.12. The minimum Gasteiger partial charge on any atom is -0.496 e. The molecular formula is C10H10F2O2. The zero-order chi connectivity index (χ0) is 10.7. The van der Waals surface area contributed by atoms with Gasteiger partial charge < -0.3 is 4.74 Å². The van der Waals surface area contributed by atoms with Crippen LogP contribution in [0.2, 0.25) is 0 Å². The Kier molecular flexibility index (Phi) is 3.17. The molecule has 0 aliphatic carbocycles. The van der Waals surface area contributed by atoms with Crippen LogP contribution in [0.4, 0.5) is 8.78 Å². The maximum absolute atomic E-state index is 12.5. The van der Waals surface area contributed by atoms with E-state index in [0.29, 0.717) is 0 Å². The van der Waals surface area contributed by atoms with Crippen molar-refractivity contribution in [1.29, 1.82) is 0 Å². The molecular weight excluding hydrogens is 190 g/mol. The molecule has 0 radical (unpaired) electrons. The minimum atomic E-state index is -2.63. The number of ether oxygens (including phenoxy) is 1. The summed E-state index contributed by atoms with van der Waals surface area (Å²) in [6.07, 6.45) is -2.63. The molecule has 76 valence electrons. The SMILES string of the molecule is COc1ccc(C(C)=O)cc1C(F)F. The Morgan fingerprint density at radius 1 is 1.43 bits per heavy atom. The number of benzene rings is 1. The van der Waals surface area contributed by atoms with Crippen LogP contribution < -0.4 is 4.74 Å². The van der Waals surface area contributed by atoms with Crippen LogP contribution in [0.3, 0.4) is 0 Å². The first kappa shape index (κ1) is 10.6. The molecule has 1 rings (SSSR count). The Balaban J connectivity index is 3.20. The van der Waals surface area contributed by atoms with E-state index in [1.54, 1.807) is 0 Å². The Labute approximate surface area is 80.5 Å². The van der Waals surface area contributed by atoms with Crippen molar-refractivity contribution in [2.45, 2.75) is 13.3 Å². The van der Waals surface area contributed by atoms with Crippen molar-refractivity contribution in [2.24, 2.45) is 0 Å². The van der Waals surface area contributed by atoms with Crippen LogP contribution >= 0.6 is 0 Å². The average Bonchev–Trinajstić information content (AvgIpc) is 2.16. The summed E-state index contributed by atoms with van der Waals surface area (Å²) in [6.45, 7) is 1.33. The van der Waals surface area contributed by atoms with Gasteiger partial charge in [-0.25, -0.2) is 8.78 Å². The summed E-state index contributed by atoms with van der Waals surface area (Å²) in [4.78, 5) is 10.9. The van der Waals surface area contributed by atoms with Crippen LogP contribution in [0.5, 0.6) is 5.75 Å². The van der Waals surface area contributed by atoms with Gasteiger partial charge in [-0.15, -0.1) is 0 Å². The van der Waals surface area contributed by atoms with Crippen molar-refractivity contribution < 1.29 is 18.3 Å². The number of carbonyl (C=O) groups excluding carboxylic acids is 1. The lowest BCUT2D eigenvalue weighted by Gasteiger charge is -2.08. The van der Waals surface area contributed by atoms with E-state index >= 15 is 0 Å². The van der Waals surface area contributed by atoms with Gasteiger partial charge in [-0.1, -0.05) is 0 Å². The van der Waals surface area contributed by atoms with Crippen LogP contribution in [-0.2, 0) is 0 Å². The third-order valence-electron chi connectivity index (χ3n) is 1.87. The second kappa shape index (κ2) is 4.17. The first-order chi connectivity index (χ1) is 6.56. The van der Waals surface area contributed by atoms with Gasteiger partial charge >= 0.3 is 0 Å². The molecule has 0 saturated heterocycles. The number of rotatable bonds is 3. The molecule has 1 aromatic carbocycles. The lowest BCUT2D eigenvalue weighted by molar-refractivity contribution is 0.101. The Bertz CT molecular complexity index is 348. The maximum atomic E-state index is 12.5. The number of alkyl halides is 2. The third-order valence-corrected chi connectivity index (χ3v) is 1.87. The fourth-order valence-electron chi connectivity index (χ4n) is 1.12. The molecule has 0 amide bonds. The standard InChI is InChI=1S/C10H10F2O2/c1-6(13)7-3-4-9(14-2)8(5-7)10(11)12/h3-5,10H,1-2H3. The predicted octanol–water partition coefficient (Wildman–Crippen LogP) is 2.84. The predicted molar refractivity (Wildman–Crippen MR) is 48.0 cm³/mol. The molecule has 0 unspecified atom stereocenters. The van der Waals surface area contributed by atoms with E-state index in [1.807, 2.05) is 0 Å². The minimum absolute atomic E-state index is 0.102. The number of halogens is 2. The van der Waals surface area contributed by atoms with Gasteiger partial charge in [-0.2, -0.15) is 0 Å². The molecule has 0 bridgehead atoms. The van der Waals surface area contributed by atoms with Gasteiger partial charge in [0.25, 0.3) is 6.43 Å². The number of methoxy groups -OCH3 is 1. The van der Waals surface area contributed by atoms with E-state index in [0.717, 1.165) is 6.07 Å². The molecule has 0 atom stereocenters. The van der Waals surface area contributed by atoms with Crippen LogP contribution in [0.15, 0.2) is 18.2 Å². The normalized spacial score (nSPS) is 10.4. The van der Waals surface area contributed by atoms with Gasteiger partial charge in [-0.3, -0.25) is 4.79 Å². The summed E-state index contributed by atoms with van der Waals surface area (Å²) in [5, 5.41) is 0. The molecule has 0 heterocycles. The topological polar surface area (TPSA) is 26.3 Å². The molecule has 0 aliphatic rings. The van der Waals surface area contributed by atoms with E-state index in [2.05, 4.69) is 0 Å². The second-order valence-corrected chi connectivity index (χ2v) is 2.81. The lowest BCUT2D eigenvalue weighted by Crippen LogP contribution is -1.97. The maximum Gasteiger partial charge on any atom is 0.267 e.